The molecule has 0 N–H and O–H groups in total. The molecule has 0 bridgehead atoms. The number of fused-ring (bicyclic) bond motifs is 1. The van der Waals surface area contributed by atoms with Crippen LogP contribution in [0.5, 0.6) is 0 Å². The van der Waals surface area contributed by atoms with E-state index in [0.717, 1.165) is 28.5 Å². The van der Waals surface area contributed by atoms with Crippen LogP contribution in [-0.2, 0) is 14.8 Å². The van der Waals surface area contributed by atoms with Crippen molar-refractivity contribution >= 4 is 44.4 Å². The van der Waals surface area contributed by atoms with Crippen LogP contribution in [0.3, 0.4) is 0 Å². The molecule has 1 amide bonds. The summed E-state index contributed by atoms with van der Waals surface area (Å²) < 4.78 is 36.5. The number of rotatable bonds is 4. The van der Waals surface area contributed by atoms with Crippen molar-refractivity contribution in [2.24, 2.45) is 0 Å². The number of anilines is 1. The lowest BCUT2D eigenvalue weighted by Crippen LogP contribution is -2.46. The number of benzene rings is 2. The minimum atomic E-state index is -3.87. The maximum absolute atomic E-state index is 13.4. The highest BCUT2D eigenvalue weighted by Gasteiger charge is 2.41. The number of hydrogen-bond acceptors (Lipinski definition) is 6. The smallest absolute Gasteiger partial charge is 0.246 e. The normalized spacial score (nSPS) is 17.7. The summed E-state index contributed by atoms with van der Waals surface area (Å²) in [5, 5.41) is 0. The molecule has 7 nitrogen and oxygen atoms in total. The SMILES string of the molecule is Cc1ccc(C)c(N(C)C(=O)[C@@H]2CCCN2S(=O)(=O)c2cccc3nsnc23)c1. The van der Waals surface area contributed by atoms with Crippen LogP contribution in [-0.4, -0.2) is 47.0 Å². The van der Waals surface area contributed by atoms with Gasteiger partial charge in [0.05, 0.1) is 11.7 Å². The van der Waals surface area contributed by atoms with E-state index in [2.05, 4.69) is 8.75 Å². The third-order valence-electron chi connectivity index (χ3n) is 5.38. The van der Waals surface area contributed by atoms with Gasteiger partial charge in [0.15, 0.2) is 0 Å². The second-order valence-electron chi connectivity index (χ2n) is 7.35. The number of hydrogen-bond donors (Lipinski definition) is 0. The molecule has 1 aromatic heterocycles. The standard InChI is InChI=1S/C20H22N4O3S2/c1-13-9-10-14(2)17(12-13)23(3)20(25)16-7-5-11-24(16)29(26,27)18-8-4-6-15-19(18)22-28-21-15/h4,6,8-10,12,16H,5,7,11H2,1-3H3/t16-/m0/s1. The molecule has 4 rings (SSSR count). The number of amides is 1. The van der Waals surface area contributed by atoms with Gasteiger partial charge in [0.25, 0.3) is 0 Å². The molecular weight excluding hydrogens is 408 g/mol. The summed E-state index contributed by atoms with van der Waals surface area (Å²) in [7, 11) is -2.17. The average Bonchev–Trinajstić information content (AvgIpc) is 3.38. The van der Waals surface area contributed by atoms with Crippen molar-refractivity contribution in [3.63, 3.8) is 0 Å². The molecule has 0 aliphatic carbocycles. The van der Waals surface area contributed by atoms with E-state index in [1.54, 1.807) is 24.1 Å². The first kappa shape index (κ1) is 19.9. The predicted octanol–water partition coefficient (Wildman–Crippen LogP) is 3.12. The van der Waals surface area contributed by atoms with E-state index in [4.69, 9.17) is 0 Å². The Labute approximate surface area is 174 Å². The van der Waals surface area contributed by atoms with Crippen molar-refractivity contribution in [2.75, 3.05) is 18.5 Å². The number of likely N-dealkylation sites (N-methyl/N-ethyl adjacent to an activating group) is 1. The van der Waals surface area contributed by atoms with E-state index in [9.17, 15) is 13.2 Å². The molecule has 152 valence electrons. The Morgan fingerprint density at radius 1 is 1.21 bits per heavy atom. The summed E-state index contributed by atoms with van der Waals surface area (Å²) in [6, 6.07) is 10.1. The van der Waals surface area contributed by atoms with Gasteiger partial charge >= 0.3 is 0 Å². The van der Waals surface area contributed by atoms with Crippen molar-refractivity contribution in [3.8, 4) is 0 Å². The number of aryl methyl sites for hydroxylation is 2. The molecule has 1 atom stereocenters. The highest BCUT2D eigenvalue weighted by atomic mass is 32.2. The Morgan fingerprint density at radius 3 is 2.79 bits per heavy atom. The van der Waals surface area contributed by atoms with E-state index < -0.39 is 16.1 Å². The van der Waals surface area contributed by atoms with Crippen molar-refractivity contribution in [2.45, 2.75) is 37.6 Å². The zero-order valence-electron chi connectivity index (χ0n) is 16.5. The van der Waals surface area contributed by atoms with Crippen molar-refractivity contribution in [3.05, 3.63) is 47.5 Å². The predicted molar refractivity (Wildman–Crippen MR) is 114 cm³/mol. The minimum absolute atomic E-state index is 0.109. The van der Waals surface area contributed by atoms with Crippen LogP contribution in [0.2, 0.25) is 0 Å². The van der Waals surface area contributed by atoms with Gasteiger partial charge in [-0.3, -0.25) is 4.79 Å². The topological polar surface area (TPSA) is 83.5 Å². The Morgan fingerprint density at radius 2 is 2.00 bits per heavy atom. The number of sulfonamides is 1. The van der Waals surface area contributed by atoms with Gasteiger partial charge in [0.1, 0.15) is 22.0 Å². The maximum Gasteiger partial charge on any atom is 0.246 e. The second kappa shape index (κ2) is 7.47. The molecule has 9 heteroatoms. The fraction of sp³-hybridized carbons (Fsp3) is 0.350. The van der Waals surface area contributed by atoms with Crippen LogP contribution in [0.4, 0.5) is 5.69 Å². The largest absolute Gasteiger partial charge is 0.314 e. The summed E-state index contributed by atoms with van der Waals surface area (Å²) in [6.45, 7) is 4.22. The molecule has 3 aromatic rings. The van der Waals surface area contributed by atoms with Gasteiger partial charge in [-0.15, -0.1) is 0 Å². The molecule has 1 fully saturated rings. The van der Waals surface area contributed by atoms with Gasteiger partial charge < -0.3 is 4.90 Å². The van der Waals surface area contributed by atoms with E-state index in [-0.39, 0.29) is 10.8 Å². The Kier molecular flexibility index (Phi) is 5.14. The van der Waals surface area contributed by atoms with Gasteiger partial charge in [-0.25, -0.2) is 8.42 Å². The summed E-state index contributed by atoms with van der Waals surface area (Å²) in [6.07, 6.45) is 1.14. The van der Waals surface area contributed by atoms with Crippen molar-refractivity contribution in [1.29, 1.82) is 0 Å². The van der Waals surface area contributed by atoms with E-state index in [1.165, 1.54) is 10.4 Å². The number of nitrogens with zero attached hydrogens (tertiary/aromatic N) is 4. The molecular formula is C20H22N4O3S2. The van der Waals surface area contributed by atoms with Crippen LogP contribution in [0.1, 0.15) is 24.0 Å². The molecule has 1 aliphatic heterocycles. The quantitative estimate of drug-likeness (QED) is 0.635. The van der Waals surface area contributed by atoms with Crippen LogP contribution < -0.4 is 4.90 Å². The second-order valence-corrected chi connectivity index (χ2v) is 9.74. The average molecular weight is 431 g/mol. The van der Waals surface area contributed by atoms with Crippen LogP contribution in [0.15, 0.2) is 41.3 Å². The number of aromatic nitrogens is 2. The molecule has 29 heavy (non-hydrogen) atoms. The fourth-order valence-electron chi connectivity index (χ4n) is 3.81. The summed E-state index contributed by atoms with van der Waals surface area (Å²) >= 11 is 0.980. The molecule has 2 heterocycles. The lowest BCUT2D eigenvalue weighted by atomic mass is 10.1. The molecule has 0 saturated carbocycles. The number of carbonyl (C=O) groups excluding carboxylic acids is 1. The van der Waals surface area contributed by atoms with Crippen LogP contribution in [0.25, 0.3) is 11.0 Å². The number of carbonyl (C=O) groups is 1. The van der Waals surface area contributed by atoms with Crippen molar-refractivity contribution < 1.29 is 13.2 Å². The molecule has 0 radical (unpaired) electrons. The maximum atomic E-state index is 13.4. The van der Waals surface area contributed by atoms with Gasteiger partial charge in [-0.2, -0.15) is 13.1 Å². The molecule has 2 aromatic carbocycles. The summed E-state index contributed by atoms with van der Waals surface area (Å²) in [5.41, 5.74) is 3.72. The van der Waals surface area contributed by atoms with E-state index in [0.29, 0.717) is 30.4 Å². The van der Waals surface area contributed by atoms with Crippen LogP contribution >= 0.6 is 11.7 Å². The minimum Gasteiger partial charge on any atom is -0.314 e. The summed E-state index contributed by atoms with van der Waals surface area (Å²) in [4.78, 5) is 15.0. The molecule has 0 spiro atoms. The molecule has 1 aliphatic rings. The monoisotopic (exact) mass is 430 g/mol. The Balaban J connectivity index is 1.69. The Hall–Kier alpha value is -2.36. The third kappa shape index (κ3) is 3.43. The molecule has 1 saturated heterocycles. The lowest BCUT2D eigenvalue weighted by molar-refractivity contribution is -0.121. The van der Waals surface area contributed by atoms with Gasteiger partial charge in [0, 0.05) is 19.3 Å². The van der Waals surface area contributed by atoms with Gasteiger partial charge in [0.2, 0.25) is 15.9 Å². The summed E-state index contributed by atoms with van der Waals surface area (Å²) in [5.74, 6) is -0.219. The van der Waals surface area contributed by atoms with Gasteiger partial charge in [-0.1, -0.05) is 18.2 Å². The van der Waals surface area contributed by atoms with Crippen molar-refractivity contribution in [1.82, 2.24) is 13.1 Å². The third-order valence-corrected chi connectivity index (χ3v) is 7.86. The highest BCUT2D eigenvalue weighted by molar-refractivity contribution is 7.89. The van der Waals surface area contributed by atoms with E-state index in [1.807, 2.05) is 32.0 Å². The Bertz CT molecular complexity index is 1190. The molecule has 0 unspecified atom stereocenters. The zero-order valence-corrected chi connectivity index (χ0v) is 18.1. The van der Waals surface area contributed by atoms with E-state index >= 15 is 0 Å². The van der Waals surface area contributed by atoms with Crippen LogP contribution in [0, 0.1) is 13.8 Å². The zero-order chi connectivity index (χ0) is 20.8. The fourth-order valence-corrected chi connectivity index (χ4v) is 6.22. The highest BCUT2D eigenvalue weighted by Crippen LogP contribution is 2.32. The first-order chi connectivity index (χ1) is 13.8. The first-order valence-electron chi connectivity index (χ1n) is 9.38. The lowest BCUT2D eigenvalue weighted by Gasteiger charge is -2.28. The first-order valence-corrected chi connectivity index (χ1v) is 11.6. The van der Waals surface area contributed by atoms with Gasteiger partial charge in [-0.05, 0) is 56.0 Å².